The number of rotatable bonds is 10. The summed E-state index contributed by atoms with van der Waals surface area (Å²) in [5.74, 6) is 2.28. The maximum Gasteiger partial charge on any atom is 0.252 e. The molecule has 0 fully saturated rings. The van der Waals surface area contributed by atoms with Crippen LogP contribution in [0.3, 0.4) is 0 Å². The maximum absolute atomic E-state index is 13.0. The van der Waals surface area contributed by atoms with Crippen LogP contribution in [0, 0.1) is 0 Å². The number of tetrazole rings is 1. The van der Waals surface area contributed by atoms with Crippen LogP contribution in [0.4, 0.5) is 0 Å². The van der Waals surface area contributed by atoms with E-state index in [-0.39, 0.29) is 11.6 Å². The number of hydrogen-bond donors (Lipinski definition) is 1. The molecule has 0 amide bonds. The Labute approximate surface area is 208 Å². The highest BCUT2D eigenvalue weighted by molar-refractivity contribution is 5.80. The van der Waals surface area contributed by atoms with Crippen LogP contribution in [-0.4, -0.2) is 37.2 Å². The molecule has 0 radical (unpaired) electrons. The van der Waals surface area contributed by atoms with Gasteiger partial charge in [0.05, 0.1) is 32.5 Å². The quantitative estimate of drug-likeness (QED) is 0.315. The highest BCUT2D eigenvalue weighted by Crippen LogP contribution is 2.27. The van der Waals surface area contributed by atoms with Crippen LogP contribution in [0.25, 0.3) is 10.9 Å². The van der Waals surface area contributed by atoms with Gasteiger partial charge < -0.3 is 14.1 Å². The summed E-state index contributed by atoms with van der Waals surface area (Å²) in [4.78, 5) is 18.2. The number of nitrogens with zero attached hydrogens (tertiary/aromatic N) is 5. The molecule has 184 valence electrons. The predicted octanol–water partition coefficient (Wildman–Crippen LogP) is 4.32. The molecule has 0 aliphatic rings. The average molecular weight is 485 g/mol. The second-order valence-corrected chi connectivity index (χ2v) is 8.67. The van der Waals surface area contributed by atoms with Gasteiger partial charge in [0.25, 0.3) is 5.56 Å². The molecule has 0 saturated heterocycles. The number of ether oxygens (including phenoxy) is 1. The summed E-state index contributed by atoms with van der Waals surface area (Å²) in [6.45, 7) is 3.54. The Hall–Kier alpha value is -4.24. The van der Waals surface area contributed by atoms with Crippen molar-refractivity contribution >= 4 is 10.9 Å². The van der Waals surface area contributed by atoms with Gasteiger partial charge in [0.15, 0.2) is 5.82 Å². The van der Waals surface area contributed by atoms with Crippen LogP contribution >= 0.6 is 0 Å². The van der Waals surface area contributed by atoms with Gasteiger partial charge in [-0.15, -0.1) is 5.10 Å². The molecule has 1 N–H and O–H groups in total. The third-order valence-corrected chi connectivity index (χ3v) is 6.30. The number of methoxy groups -OCH3 is 1. The van der Waals surface area contributed by atoms with E-state index in [1.54, 1.807) is 13.4 Å². The first-order valence-electron chi connectivity index (χ1n) is 11.9. The molecular formula is C27H28N6O3. The summed E-state index contributed by atoms with van der Waals surface area (Å²) in [6, 6.07) is 21.3. The zero-order valence-corrected chi connectivity index (χ0v) is 20.3. The summed E-state index contributed by atoms with van der Waals surface area (Å²) in [5.41, 5.74) is 2.39. The first-order chi connectivity index (χ1) is 17.6. The lowest BCUT2D eigenvalue weighted by Gasteiger charge is -2.29. The molecule has 0 bridgehead atoms. The van der Waals surface area contributed by atoms with Crippen LogP contribution in [0.1, 0.15) is 42.1 Å². The minimum absolute atomic E-state index is 0.129. The van der Waals surface area contributed by atoms with Crippen molar-refractivity contribution in [3.63, 3.8) is 0 Å². The molecule has 5 aromatic rings. The van der Waals surface area contributed by atoms with E-state index in [1.165, 1.54) is 0 Å². The van der Waals surface area contributed by atoms with Crippen molar-refractivity contribution in [3.8, 4) is 5.75 Å². The Kier molecular flexibility index (Phi) is 6.90. The summed E-state index contributed by atoms with van der Waals surface area (Å²) in [7, 11) is 1.63. The largest absolute Gasteiger partial charge is 0.497 e. The standard InChI is InChI=1S/C27H28N6O3/c1-3-25(26-29-30-31-33(26)16-19-8-5-4-6-9-19)32(18-23-10-7-13-36-23)17-21-14-20-15-22(35-2)11-12-24(20)28-27(21)34/h4-15,25H,3,16-18H2,1-2H3,(H,28,34)/t25-/m1/s1. The number of pyridine rings is 1. The maximum atomic E-state index is 13.0. The molecule has 9 nitrogen and oxygen atoms in total. The smallest absolute Gasteiger partial charge is 0.252 e. The second kappa shape index (κ2) is 10.6. The molecule has 5 rings (SSSR count). The van der Waals surface area contributed by atoms with Crippen LogP contribution in [0.5, 0.6) is 5.75 Å². The number of nitrogens with one attached hydrogen (secondary N) is 1. The molecule has 2 aromatic carbocycles. The van der Waals surface area contributed by atoms with Crippen molar-refractivity contribution < 1.29 is 9.15 Å². The van der Waals surface area contributed by atoms with Gasteiger partial charge in [0, 0.05) is 23.0 Å². The highest BCUT2D eigenvalue weighted by Gasteiger charge is 2.27. The van der Waals surface area contributed by atoms with Crippen molar-refractivity contribution in [2.24, 2.45) is 0 Å². The van der Waals surface area contributed by atoms with Crippen LogP contribution < -0.4 is 10.3 Å². The van der Waals surface area contributed by atoms with E-state index in [0.717, 1.165) is 40.2 Å². The number of hydrogen-bond acceptors (Lipinski definition) is 7. The normalized spacial score (nSPS) is 12.3. The Morgan fingerprint density at radius 2 is 1.94 bits per heavy atom. The van der Waals surface area contributed by atoms with Gasteiger partial charge in [-0.1, -0.05) is 37.3 Å². The molecule has 0 aliphatic carbocycles. The summed E-state index contributed by atoms with van der Waals surface area (Å²) in [5, 5.41) is 13.6. The molecular weight excluding hydrogens is 456 g/mol. The number of aromatic amines is 1. The SMILES string of the molecule is CC[C@H](c1nnnn1Cc1ccccc1)N(Cc1ccco1)Cc1cc2cc(OC)ccc2[nH]c1=O. The predicted molar refractivity (Wildman–Crippen MR) is 135 cm³/mol. The number of H-pyrrole nitrogens is 1. The van der Waals surface area contributed by atoms with Gasteiger partial charge in [-0.2, -0.15) is 0 Å². The lowest BCUT2D eigenvalue weighted by atomic mass is 10.1. The molecule has 0 saturated carbocycles. The zero-order chi connectivity index (χ0) is 24.9. The van der Waals surface area contributed by atoms with Gasteiger partial charge in [-0.05, 0) is 58.8 Å². The first kappa shape index (κ1) is 23.5. The fourth-order valence-corrected chi connectivity index (χ4v) is 4.50. The Morgan fingerprint density at radius 1 is 1.08 bits per heavy atom. The first-order valence-corrected chi connectivity index (χ1v) is 11.9. The topological polar surface area (TPSA) is 102 Å². The van der Waals surface area contributed by atoms with Crippen molar-refractivity contribution in [1.82, 2.24) is 30.1 Å². The molecule has 0 unspecified atom stereocenters. The van der Waals surface area contributed by atoms with Gasteiger partial charge >= 0.3 is 0 Å². The third kappa shape index (κ3) is 5.06. The Balaban J connectivity index is 1.51. The molecule has 0 aliphatic heterocycles. The van der Waals surface area contributed by atoms with Crippen molar-refractivity contribution in [2.75, 3.05) is 7.11 Å². The summed E-state index contributed by atoms with van der Waals surface area (Å²) >= 11 is 0. The molecule has 0 spiro atoms. The number of fused-ring (bicyclic) bond motifs is 1. The van der Waals surface area contributed by atoms with E-state index >= 15 is 0 Å². The molecule has 3 aromatic heterocycles. The molecule has 9 heteroatoms. The van der Waals surface area contributed by atoms with E-state index < -0.39 is 0 Å². The van der Waals surface area contributed by atoms with Crippen molar-refractivity contribution in [1.29, 1.82) is 0 Å². The van der Waals surface area contributed by atoms with E-state index in [2.05, 4.69) is 44.5 Å². The van der Waals surface area contributed by atoms with E-state index in [9.17, 15) is 4.79 Å². The molecule has 1 atom stereocenters. The third-order valence-electron chi connectivity index (χ3n) is 6.30. The number of furan rings is 1. The monoisotopic (exact) mass is 484 g/mol. The fraction of sp³-hybridized carbons (Fsp3) is 0.259. The lowest BCUT2D eigenvalue weighted by Crippen LogP contribution is -2.32. The van der Waals surface area contributed by atoms with Crippen LogP contribution in [0.15, 0.2) is 82.2 Å². The van der Waals surface area contributed by atoms with Crippen LogP contribution in [-0.2, 0) is 19.6 Å². The van der Waals surface area contributed by atoms with E-state index in [4.69, 9.17) is 9.15 Å². The minimum Gasteiger partial charge on any atom is -0.497 e. The number of aromatic nitrogens is 5. The van der Waals surface area contributed by atoms with Gasteiger partial charge in [-0.25, -0.2) is 4.68 Å². The van der Waals surface area contributed by atoms with Gasteiger partial charge in [-0.3, -0.25) is 9.69 Å². The minimum atomic E-state index is -0.144. The molecule has 36 heavy (non-hydrogen) atoms. The Morgan fingerprint density at radius 3 is 2.69 bits per heavy atom. The van der Waals surface area contributed by atoms with Gasteiger partial charge in [0.2, 0.25) is 0 Å². The summed E-state index contributed by atoms with van der Waals surface area (Å²) in [6.07, 6.45) is 2.40. The average Bonchev–Trinajstić information content (AvgIpc) is 3.58. The van der Waals surface area contributed by atoms with Crippen molar-refractivity contribution in [2.45, 2.75) is 39.0 Å². The highest BCUT2D eigenvalue weighted by atomic mass is 16.5. The van der Waals surface area contributed by atoms with E-state index in [1.807, 2.05) is 59.3 Å². The van der Waals surface area contributed by atoms with E-state index in [0.29, 0.717) is 25.2 Å². The zero-order valence-electron chi connectivity index (χ0n) is 20.3. The lowest BCUT2D eigenvalue weighted by molar-refractivity contribution is 0.149. The Bertz CT molecular complexity index is 1480. The molecule has 3 heterocycles. The van der Waals surface area contributed by atoms with Crippen molar-refractivity contribution in [3.05, 3.63) is 106 Å². The van der Waals surface area contributed by atoms with Gasteiger partial charge in [0.1, 0.15) is 11.5 Å². The van der Waals surface area contributed by atoms with Crippen LogP contribution in [0.2, 0.25) is 0 Å². The summed E-state index contributed by atoms with van der Waals surface area (Å²) < 4.78 is 12.9. The number of benzene rings is 2. The second-order valence-electron chi connectivity index (χ2n) is 8.67. The fourth-order valence-electron chi connectivity index (χ4n) is 4.50.